The number of hydrogen-bond donors (Lipinski definition) is 1. The van der Waals surface area contributed by atoms with Crippen molar-refractivity contribution in [2.45, 2.75) is 39.2 Å². The van der Waals surface area contributed by atoms with Crippen molar-refractivity contribution in [3.63, 3.8) is 0 Å². The molecular formula is C11H20N2S. The van der Waals surface area contributed by atoms with Gasteiger partial charge in [-0.15, -0.1) is 0 Å². The molecule has 2 atom stereocenters. The maximum absolute atomic E-state index is 4.66. The van der Waals surface area contributed by atoms with Gasteiger partial charge in [0.1, 0.15) is 0 Å². The number of thioether (sulfide) groups is 1. The molecule has 0 bridgehead atoms. The van der Waals surface area contributed by atoms with Crippen molar-refractivity contribution in [2.24, 2.45) is 16.8 Å². The van der Waals surface area contributed by atoms with Crippen molar-refractivity contribution in [2.75, 3.05) is 12.3 Å². The van der Waals surface area contributed by atoms with Gasteiger partial charge in [-0.2, -0.15) is 0 Å². The normalized spacial score (nSPS) is 36.6. The summed E-state index contributed by atoms with van der Waals surface area (Å²) >= 11 is 1.89. The van der Waals surface area contributed by atoms with Crippen LogP contribution in [0.5, 0.6) is 0 Å². The van der Waals surface area contributed by atoms with Gasteiger partial charge in [0, 0.05) is 18.3 Å². The first-order valence-corrected chi connectivity index (χ1v) is 6.68. The van der Waals surface area contributed by atoms with E-state index in [2.05, 4.69) is 24.2 Å². The highest BCUT2D eigenvalue weighted by molar-refractivity contribution is 8.13. The van der Waals surface area contributed by atoms with E-state index in [0.29, 0.717) is 6.04 Å². The topological polar surface area (TPSA) is 24.4 Å². The SMILES string of the molecule is CC1CSC(=NCC2CCC2)NC1C. The number of rotatable bonds is 2. The summed E-state index contributed by atoms with van der Waals surface area (Å²) in [5.74, 6) is 2.87. The van der Waals surface area contributed by atoms with E-state index in [1.165, 1.54) is 30.2 Å². The molecule has 0 amide bonds. The molecule has 2 rings (SSSR count). The van der Waals surface area contributed by atoms with E-state index in [1.54, 1.807) is 0 Å². The molecule has 1 N–H and O–H groups in total. The van der Waals surface area contributed by atoms with Crippen LogP contribution >= 0.6 is 11.8 Å². The molecule has 0 aromatic rings. The smallest absolute Gasteiger partial charge is 0.156 e. The van der Waals surface area contributed by atoms with Crippen molar-refractivity contribution in [1.82, 2.24) is 5.32 Å². The Kier molecular flexibility index (Phi) is 3.37. The van der Waals surface area contributed by atoms with Crippen LogP contribution in [0.4, 0.5) is 0 Å². The van der Waals surface area contributed by atoms with E-state index >= 15 is 0 Å². The first-order chi connectivity index (χ1) is 6.75. The highest BCUT2D eigenvalue weighted by Gasteiger charge is 2.22. The average Bonchev–Trinajstić information content (AvgIpc) is 2.08. The minimum absolute atomic E-state index is 0.594. The lowest BCUT2D eigenvalue weighted by atomic mass is 9.86. The summed E-state index contributed by atoms with van der Waals surface area (Å²) in [6, 6.07) is 0.594. The Bertz CT molecular complexity index is 223. The van der Waals surface area contributed by atoms with Gasteiger partial charge in [0.2, 0.25) is 0 Å². The minimum Gasteiger partial charge on any atom is -0.362 e. The Balaban J connectivity index is 1.79. The fraction of sp³-hybridized carbons (Fsp3) is 0.909. The third-order valence-corrected chi connectivity index (χ3v) is 4.62. The second-order valence-corrected chi connectivity index (χ2v) is 5.67. The molecule has 0 radical (unpaired) electrons. The van der Waals surface area contributed by atoms with Crippen LogP contribution < -0.4 is 5.32 Å². The highest BCUT2D eigenvalue weighted by Crippen LogP contribution is 2.27. The summed E-state index contributed by atoms with van der Waals surface area (Å²) in [5.41, 5.74) is 0. The standard InChI is InChI=1S/C11H20N2S/c1-8-7-14-11(13-9(8)2)12-6-10-4-3-5-10/h8-10H,3-7H2,1-2H3,(H,12,13). The van der Waals surface area contributed by atoms with E-state index in [9.17, 15) is 0 Å². The van der Waals surface area contributed by atoms with Gasteiger partial charge in [0.05, 0.1) is 0 Å². The molecule has 1 aliphatic heterocycles. The van der Waals surface area contributed by atoms with Crippen LogP contribution in [0.15, 0.2) is 4.99 Å². The molecule has 3 heteroatoms. The first kappa shape index (κ1) is 10.3. The van der Waals surface area contributed by atoms with Crippen LogP contribution in [-0.2, 0) is 0 Å². The van der Waals surface area contributed by atoms with Crippen molar-refractivity contribution in [3.8, 4) is 0 Å². The van der Waals surface area contributed by atoms with E-state index < -0.39 is 0 Å². The quantitative estimate of drug-likeness (QED) is 0.760. The maximum Gasteiger partial charge on any atom is 0.156 e. The van der Waals surface area contributed by atoms with Crippen molar-refractivity contribution in [1.29, 1.82) is 0 Å². The fourth-order valence-electron chi connectivity index (χ4n) is 1.71. The predicted molar refractivity (Wildman–Crippen MR) is 63.9 cm³/mol. The zero-order chi connectivity index (χ0) is 9.97. The number of aliphatic imine (C=N–C) groups is 1. The summed E-state index contributed by atoms with van der Waals surface area (Å²) in [4.78, 5) is 4.66. The number of hydrogen-bond acceptors (Lipinski definition) is 2. The summed E-state index contributed by atoms with van der Waals surface area (Å²) < 4.78 is 0. The van der Waals surface area contributed by atoms with E-state index in [4.69, 9.17) is 0 Å². The minimum atomic E-state index is 0.594. The Morgan fingerprint density at radius 1 is 1.43 bits per heavy atom. The Morgan fingerprint density at radius 3 is 2.79 bits per heavy atom. The highest BCUT2D eigenvalue weighted by atomic mass is 32.2. The van der Waals surface area contributed by atoms with Crippen LogP contribution in [-0.4, -0.2) is 23.5 Å². The van der Waals surface area contributed by atoms with Gasteiger partial charge in [-0.25, -0.2) is 0 Å². The van der Waals surface area contributed by atoms with Gasteiger partial charge in [-0.3, -0.25) is 4.99 Å². The maximum atomic E-state index is 4.66. The lowest BCUT2D eigenvalue weighted by Gasteiger charge is -2.29. The molecule has 2 fully saturated rings. The van der Waals surface area contributed by atoms with Crippen LogP contribution in [0.1, 0.15) is 33.1 Å². The van der Waals surface area contributed by atoms with Crippen LogP contribution in [0, 0.1) is 11.8 Å². The van der Waals surface area contributed by atoms with Gasteiger partial charge in [0.25, 0.3) is 0 Å². The second-order valence-electron chi connectivity index (χ2n) is 4.66. The number of nitrogens with zero attached hydrogens (tertiary/aromatic N) is 1. The Labute approximate surface area is 90.9 Å². The molecule has 0 aromatic heterocycles. The summed E-state index contributed by atoms with van der Waals surface area (Å²) in [7, 11) is 0. The molecule has 1 saturated carbocycles. The van der Waals surface area contributed by atoms with Gasteiger partial charge in [-0.05, 0) is 31.6 Å². The summed E-state index contributed by atoms with van der Waals surface area (Å²) in [6.07, 6.45) is 4.21. The molecular weight excluding hydrogens is 192 g/mol. The van der Waals surface area contributed by atoms with E-state index in [0.717, 1.165) is 18.4 Å². The molecule has 0 spiro atoms. The van der Waals surface area contributed by atoms with E-state index in [-0.39, 0.29) is 0 Å². The third-order valence-electron chi connectivity index (χ3n) is 3.41. The van der Waals surface area contributed by atoms with Crippen molar-refractivity contribution in [3.05, 3.63) is 0 Å². The van der Waals surface area contributed by atoms with Crippen molar-refractivity contribution >= 4 is 16.9 Å². The number of nitrogens with one attached hydrogen (secondary N) is 1. The fourth-order valence-corrected chi connectivity index (χ4v) is 2.86. The summed E-state index contributed by atoms with van der Waals surface area (Å²) in [5, 5.41) is 4.67. The van der Waals surface area contributed by atoms with Gasteiger partial charge >= 0.3 is 0 Å². The molecule has 1 aliphatic carbocycles. The predicted octanol–water partition coefficient (Wildman–Crippen LogP) is 2.50. The molecule has 14 heavy (non-hydrogen) atoms. The largest absolute Gasteiger partial charge is 0.362 e. The van der Waals surface area contributed by atoms with Crippen LogP contribution in [0.25, 0.3) is 0 Å². The van der Waals surface area contributed by atoms with Gasteiger partial charge in [0.15, 0.2) is 5.17 Å². The Morgan fingerprint density at radius 2 is 2.21 bits per heavy atom. The molecule has 2 aliphatic rings. The third kappa shape index (κ3) is 2.44. The monoisotopic (exact) mass is 212 g/mol. The van der Waals surface area contributed by atoms with Crippen LogP contribution in [0.2, 0.25) is 0 Å². The lowest BCUT2D eigenvalue weighted by Crippen LogP contribution is -2.41. The van der Waals surface area contributed by atoms with Gasteiger partial charge < -0.3 is 5.32 Å². The zero-order valence-electron chi connectivity index (χ0n) is 9.12. The average molecular weight is 212 g/mol. The molecule has 0 aromatic carbocycles. The molecule has 80 valence electrons. The van der Waals surface area contributed by atoms with E-state index in [1.807, 2.05) is 11.8 Å². The number of amidine groups is 1. The van der Waals surface area contributed by atoms with Gasteiger partial charge in [-0.1, -0.05) is 25.1 Å². The molecule has 2 nitrogen and oxygen atoms in total. The lowest BCUT2D eigenvalue weighted by molar-refractivity contribution is 0.326. The molecule has 2 unspecified atom stereocenters. The zero-order valence-corrected chi connectivity index (χ0v) is 9.94. The van der Waals surface area contributed by atoms with Crippen LogP contribution in [0.3, 0.4) is 0 Å². The molecule has 1 saturated heterocycles. The van der Waals surface area contributed by atoms with Crippen molar-refractivity contribution < 1.29 is 0 Å². The second kappa shape index (κ2) is 4.56. The Hall–Kier alpha value is -0.180. The summed E-state index contributed by atoms with van der Waals surface area (Å²) in [6.45, 7) is 5.60. The first-order valence-electron chi connectivity index (χ1n) is 5.69. The molecule has 1 heterocycles.